The minimum Gasteiger partial charge on any atom is -0.330 e. The Morgan fingerprint density at radius 1 is 1.28 bits per heavy atom. The van der Waals surface area contributed by atoms with Crippen LogP contribution in [0.1, 0.15) is 36.8 Å². The first-order valence-electron chi connectivity index (χ1n) is 6.40. The lowest BCUT2D eigenvalue weighted by Gasteiger charge is -2.30. The monoisotopic (exact) mass is 267 g/mol. The van der Waals surface area contributed by atoms with E-state index in [2.05, 4.69) is 0 Å². The first kappa shape index (κ1) is 13.6. The standard InChI is InChI=1S/C14H21NO2S/c1-11-5-6-12(18(2,16)17)9-13(11)14(10-15)7-3-4-8-14/h5-6,9H,3-4,7-8,10,15H2,1-2H3. The van der Waals surface area contributed by atoms with Crippen LogP contribution in [0.2, 0.25) is 0 Å². The summed E-state index contributed by atoms with van der Waals surface area (Å²) in [5, 5.41) is 0. The molecule has 100 valence electrons. The smallest absolute Gasteiger partial charge is 0.175 e. The molecule has 1 aliphatic carbocycles. The van der Waals surface area contributed by atoms with Gasteiger partial charge in [0, 0.05) is 18.2 Å². The summed E-state index contributed by atoms with van der Waals surface area (Å²) >= 11 is 0. The molecule has 1 aliphatic rings. The van der Waals surface area contributed by atoms with Gasteiger partial charge < -0.3 is 5.73 Å². The van der Waals surface area contributed by atoms with E-state index in [1.54, 1.807) is 6.07 Å². The van der Waals surface area contributed by atoms with Crippen LogP contribution < -0.4 is 5.73 Å². The van der Waals surface area contributed by atoms with E-state index in [-0.39, 0.29) is 5.41 Å². The molecule has 0 atom stereocenters. The number of rotatable bonds is 3. The van der Waals surface area contributed by atoms with Gasteiger partial charge in [-0.05, 0) is 43.0 Å². The van der Waals surface area contributed by atoms with Crippen LogP contribution in [0.3, 0.4) is 0 Å². The molecular formula is C14H21NO2S. The number of aryl methyl sites for hydroxylation is 1. The van der Waals surface area contributed by atoms with Crippen molar-refractivity contribution in [2.45, 2.75) is 42.9 Å². The summed E-state index contributed by atoms with van der Waals surface area (Å²) in [6.45, 7) is 2.64. The lowest BCUT2D eigenvalue weighted by atomic mass is 9.77. The molecular weight excluding hydrogens is 246 g/mol. The molecule has 0 heterocycles. The topological polar surface area (TPSA) is 60.2 Å². The Kier molecular flexibility index (Phi) is 3.52. The van der Waals surface area contributed by atoms with Gasteiger partial charge in [0.2, 0.25) is 0 Å². The molecule has 0 radical (unpaired) electrons. The van der Waals surface area contributed by atoms with Gasteiger partial charge in [0.1, 0.15) is 0 Å². The first-order valence-corrected chi connectivity index (χ1v) is 8.29. The molecule has 0 aliphatic heterocycles. The van der Waals surface area contributed by atoms with Crippen LogP contribution in [0.15, 0.2) is 23.1 Å². The molecule has 0 unspecified atom stereocenters. The molecule has 1 saturated carbocycles. The van der Waals surface area contributed by atoms with Gasteiger partial charge in [-0.2, -0.15) is 0 Å². The fourth-order valence-electron chi connectivity index (χ4n) is 3.04. The Morgan fingerprint density at radius 2 is 1.89 bits per heavy atom. The van der Waals surface area contributed by atoms with E-state index in [4.69, 9.17) is 5.73 Å². The fraction of sp³-hybridized carbons (Fsp3) is 0.571. The molecule has 0 aromatic heterocycles. The lowest BCUT2D eigenvalue weighted by Crippen LogP contribution is -2.33. The van der Waals surface area contributed by atoms with Crippen LogP contribution in [0, 0.1) is 6.92 Å². The number of hydrogen-bond acceptors (Lipinski definition) is 3. The number of sulfone groups is 1. The highest BCUT2D eigenvalue weighted by Crippen LogP contribution is 2.42. The Balaban J connectivity index is 2.56. The number of benzene rings is 1. The predicted octanol–water partition coefficient (Wildman–Crippen LogP) is 2.17. The quantitative estimate of drug-likeness (QED) is 0.913. The second kappa shape index (κ2) is 4.67. The normalized spacial score (nSPS) is 19.1. The third-order valence-electron chi connectivity index (χ3n) is 4.16. The average molecular weight is 267 g/mol. The van der Waals surface area contributed by atoms with Gasteiger partial charge >= 0.3 is 0 Å². The van der Waals surface area contributed by atoms with Crippen LogP contribution in [-0.2, 0) is 15.3 Å². The molecule has 4 heteroatoms. The van der Waals surface area contributed by atoms with Gasteiger partial charge in [-0.15, -0.1) is 0 Å². The minimum atomic E-state index is -3.15. The van der Waals surface area contributed by atoms with E-state index in [0.717, 1.165) is 24.0 Å². The van der Waals surface area contributed by atoms with Crippen molar-refractivity contribution >= 4 is 9.84 Å². The Morgan fingerprint density at radius 3 is 2.39 bits per heavy atom. The zero-order valence-electron chi connectivity index (χ0n) is 11.1. The van der Waals surface area contributed by atoms with Gasteiger partial charge in [-0.1, -0.05) is 18.9 Å². The van der Waals surface area contributed by atoms with E-state index in [1.807, 2.05) is 19.1 Å². The van der Waals surface area contributed by atoms with Gasteiger partial charge in [0.05, 0.1) is 4.90 Å². The summed E-state index contributed by atoms with van der Waals surface area (Å²) in [6.07, 6.45) is 5.75. The van der Waals surface area contributed by atoms with Crippen LogP contribution in [-0.4, -0.2) is 21.2 Å². The second-order valence-electron chi connectivity index (χ2n) is 5.44. The third kappa shape index (κ3) is 2.31. The Bertz CT molecular complexity index is 543. The molecule has 2 N–H and O–H groups in total. The van der Waals surface area contributed by atoms with Crippen molar-refractivity contribution in [3.63, 3.8) is 0 Å². The van der Waals surface area contributed by atoms with Crippen molar-refractivity contribution < 1.29 is 8.42 Å². The second-order valence-corrected chi connectivity index (χ2v) is 7.46. The molecule has 0 amide bonds. The summed E-state index contributed by atoms with van der Waals surface area (Å²) in [5.74, 6) is 0. The van der Waals surface area contributed by atoms with Crippen molar-refractivity contribution in [1.82, 2.24) is 0 Å². The van der Waals surface area contributed by atoms with E-state index in [0.29, 0.717) is 11.4 Å². The molecule has 0 bridgehead atoms. The maximum Gasteiger partial charge on any atom is 0.175 e. The van der Waals surface area contributed by atoms with Crippen LogP contribution in [0.4, 0.5) is 0 Å². The first-order chi connectivity index (χ1) is 8.39. The van der Waals surface area contributed by atoms with Crippen LogP contribution in [0.5, 0.6) is 0 Å². The number of hydrogen-bond donors (Lipinski definition) is 1. The van der Waals surface area contributed by atoms with Crippen molar-refractivity contribution in [2.75, 3.05) is 12.8 Å². The van der Waals surface area contributed by atoms with E-state index >= 15 is 0 Å². The molecule has 18 heavy (non-hydrogen) atoms. The highest BCUT2D eigenvalue weighted by Gasteiger charge is 2.35. The molecule has 1 aromatic carbocycles. The molecule has 1 fully saturated rings. The summed E-state index contributed by atoms with van der Waals surface area (Å²) in [6, 6.07) is 5.43. The summed E-state index contributed by atoms with van der Waals surface area (Å²) < 4.78 is 23.3. The third-order valence-corrected chi connectivity index (χ3v) is 5.27. The van der Waals surface area contributed by atoms with Gasteiger partial charge in [-0.25, -0.2) is 8.42 Å². The Hall–Kier alpha value is -0.870. The molecule has 0 saturated heterocycles. The van der Waals surface area contributed by atoms with Crippen molar-refractivity contribution in [3.05, 3.63) is 29.3 Å². The van der Waals surface area contributed by atoms with E-state index in [1.165, 1.54) is 19.1 Å². The van der Waals surface area contributed by atoms with Crippen molar-refractivity contribution in [3.8, 4) is 0 Å². The fourth-order valence-corrected chi connectivity index (χ4v) is 3.69. The maximum atomic E-state index is 11.7. The largest absolute Gasteiger partial charge is 0.330 e. The highest BCUT2D eigenvalue weighted by atomic mass is 32.2. The van der Waals surface area contributed by atoms with E-state index in [9.17, 15) is 8.42 Å². The lowest BCUT2D eigenvalue weighted by molar-refractivity contribution is 0.449. The summed E-state index contributed by atoms with van der Waals surface area (Å²) in [7, 11) is -3.15. The minimum absolute atomic E-state index is 0.00914. The van der Waals surface area contributed by atoms with E-state index < -0.39 is 9.84 Å². The van der Waals surface area contributed by atoms with Crippen LogP contribution in [0.25, 0.3) is 0 Å². The summed E-state index contributed by atoms with van der Waals surface area (Å²) in [4.78, 5) is 0.405. The maximum absolute atomic E-state index is 11.7. The average Bonchev–Trinajstić information content (AvgIpc) is 2.77. The molecule has 3 nitrogen and oxygen atoms in total. The molecule has 0 spiro atoms. The zero-order chi connectivity index (χ0) is 13.4. The zero-order valence-corrected chi connectivity index (χ0v) is 11.9. The molecule has 1 aromatic rings. The predicted molar refractivity (Wildman–Crippen MR) is 73.5 cm³/mol. The van der Waals surface area contributed by atoms with Crippen molar-refractivity contribution in [1.29, 1.82) is 0 Å². The number of nitrogens with two attached hydrogens (primary N) is 1. The SMILES string of the molecule is Cc1ccc(S(C)(=O)=O)cc1C1(CN)CCCC1. The van der Waals surface area contributed by atoms with Gasteiger partial charge in [0.15, 0.2) is 9.84 Å². The molecule has 2 rings (SSSR count). The van der Waals surface area contributed by atoms with Crippen LogP contribution >= 0.6 is 0 Å². The van der Waals surface area contributed by atoms with Gasteiger partial charge in [0.25, 0.3) is 0 Å². The summed E-state index contributed by atoms with van der Waals surface area (Å²) in [5.41, 5.74) is 8.25. The van der Waals surface area contributed by atoms with Crippen molar-refractivity contribution in [2.24, 2.45) is 5.73 Å². The Labute approximate surface area is 109 Å². The highest BCUT2D eigenvalue weighted by molar-refractivity contribution is 7.90. The van der Waals surface area contributed by atoms with Gasteiger partial charge in [-0.3, -0.25) is 0 Å².